The topological polar surface area (TPSA) is 81.3 Å². The standard InChI is InChI=1S/C12H10N4OS2/c1-18-12-10(6-13)11(19-16-12)15-14-7-8-3-2-4-9(17)5-8/h2-5,7,15,17H,1H3. The van der Waals surface area contributed by atoms with Crippen molar-refractivity contribution >= 4 is 34.5 Å². The van der Waals surface area contributed by atoms with E-state index in [0.717, 1.165) is 5.56 Å². The highest BCUT2D eigenvalue weighted by Crippen LogP contribution is 2.29. The number of nitrogens with zero attached hydrogens (tertiary/aromatic N) is 3. The molecule has 0 saturated carbocycles. The van der Waals surface area contributed by atoms with Gasteiger partial charge in [-0.05, 0) is 35.5 Å². The van der Waals surface area contributed by atoms with Crippen molar-refractivity contribution in [2.75, 3.05) is 11.7 Å². The summed E-state index contributed by atoms with van der Waals surface area (Å²) < 4.78 is 4.15. The number of hydrogen-bond acceptors (Lipinski definition) is 7. The molecule has 1 aromatic carbocycles. The molecule has 0 aliphatic rings. The fourth-order valence-electron chi connectivity index (χ4n) is 1.36. The van der Waals surface area contributed by atoms with Gasteiger partial charge in [-0.1, -0.05) is 12.1 Å². The molecular weight excluding hydrogens is 280 g/mol. The van der Waals surface area contributed by atoms with E-state index in [1.54, 1.807) is 24.4 Å². The van der Waals surface area contributed by atoms with Crippen LogP contribution in [0.15, 0.2) is 34.4 Å². The molecule has 2 N–H and O–H groups in total. The number of nitrogens with one attached hydrogen (secondary N) is 1. The van der Waals surface area contributed by atoms with Gasteiger partial charge in [0.15, 0.2) is 0 Å². The molecule has 96 valence electrons. The molecule has 0 unspecified atom stereocenters. The lowest BCUT2D eigenvalue weighted by Crippen LogP contribution is -1.90. The molecule has 0 bridgehead atoms. The van der Waals surface area contributed by atoms with Crippen LogP contribution >= 0.6 is 23.3 Å². The summed E-state index contributed by atoms with van der Waals surface area (Å²) in [5.74, 6) is 0.184. The SMILES string of the molecule is CSc1nsc(NN=Cc2cccc(O)c2)c1C#N. The number of rotatable bonds is 4. The van der Waals surface area contributed by atoms with Gasteiger partial charge in [0, 0.05) is 0 Å². The molecule has 0 aliphatic carbocycles. The Labute approximate surface area is 118 Å². The van der Waals surface area contributed by atoms with Crippen LogP contribution in [0.25, 0.3) is 0 Å². The van der Waals surface area contributed by atoms with Crippen LogP contribution in [0.3, 0.4) is 0 Å². The van der Waals surface area contributed by atoms with Gasteiger partial charge in [0.1, 0.15) is 27.4 Å². The second-order valence-electron chi connectivity index (χ2n) is 3.47. The third kappa shape index (κ3) is 3.24. The van der Waals surface area contributed by atoms with E-state index in [9.17, 15) is 5.11 Å². The number of hydrazone groups is 1. The largest absolute Gasteiger partial charge is 0.508 e. The Morgan fingerprint density at radius 2 is 2.42 bits per heavy atom. The number of phenols is 1. The quantitative estimate of drug-likeness (QED) is 0.514. The summed E-state index contributed by atoms with van der Waals surface area (Å²) in [5, 5.41) is 23.7. The van der Waals surface area contributed by atoms with Crippen molar-refractivity contribution in [3.8, 4) is 11.8 Å². The molecular formula is C12H10N4OS2. The number of anilines is 1. The van der Waals surface area contributed by atoms with E-state index in [1.165, 1.54) is 23.3 Å². The van der Waals surface area contributed by atoms with Gasteiger partial charge >= 0.3 is 0 Å². The van der Waals surface area contributed by atoms with Crippen LogP contribution in [0.5, 0.6) is 5.75 Å². The van der Waals surface area contributed by atoms with Crippen LogP contribution in [0.4, 0.5) is 5.00 Å². The molecule has 1 aromatic heterocycles. The molecule has 19 heavy (non-hydrogen) atoms. The summed E-state index contributed by atoms with van der Waals surface area (Å²) in [6, 6.07) is 8.83. The number of aromatic nitrogens is 1. The number of aromatic hydroxyl groups is 1. The van der Waals surface area contributed by atoms with E-state index in [2.05, 4.69) is 21.0 Å². The van der Waals surface area contributed by atoms with Crippen molar-refractivity contribution in [2.24, 2.45) is 5.10 Å². The summed E-state index contributed by atoms with van der Waals surface area (Å²) in [5.41, 5.74) is 4.06. The first-order valence-electron chi connectivity index (χ1n) is 5.26. The van der Waals surface area contributed by atoms with Gasteiger partial charge in [0.2, 0.25) is 0 Å². The lowest BCUT2D eigenvalue weighted by Gasteiger charge is -1.97. The minimum absolute atomic E-state index is 0.184. The maximum Gasteiger partial charge on any atom is 0.148 e. The van der Waals surface area contributed by atoms with E-state index < -0.39 is 0 Å². The van der Waals surface area contributed by atoms with Gasteiger partial charge in [0.05, 0.1) is 6.21 Å². The number of phenolic OH excluding ortho intramolecular Hbond substituents is 1. The van der Waals surface area contributed by atoms with Crippen LogP contribution in [-0.4, -0.2) is 22.0 Å². The molecule has 0 radical (unpaired) electrons. The zero-order chi connectivity index (χ0) is 13.7. The average Bonchev–Trinajstić information content (AvgIpc) is 2.81. The lowest BCUT2D eigenvalue weighted by molar-refractivity contribution is 0.475. The Morgan fingerprint density at radius 3 is 3.11 bits per heavy atom. The van der Waals surface area contributed by atoms with Crippen LogP contribution in [0.2, 0.25) is 0 Å². The molecule has 0 amide bonds. The first-order valence-corrected chi connectivity index (χ1v) is 7.26. The molecule has 1 heterocycles. The van der Waals surface area contributed by atoms with E-state index in [0.29, 0.717) is 15.6 Å². The van der Waals surface area contributed by atoms with Crippen LogP contribution in [0, 0.1) is 11.3 Å². The number of thioether (sulfide) groups is 1. The second kappa shape index (κ2) is 6.22. The Kier molecular flexibility index (Phi) is 4.39. The smallest absolute Gasteiger partial charge is 0.148 e. The second-order valence-corrected chi connectivity index (χ2v) is 5.04. The number of nitriles is 1. The Bertz CT molecular complexity index is 645. The molecule has 7 heteroatoms. The van der Waals surface area contributed by atoms with Crippen LogP contribution in [-0.2, 0) is 0 Å². The first kappa shape index (κ1) is 13.4. The van der Waals surface area contributed by atoms with Gasteiger partial charge in [-0.2, -0.15) is 14.7 Å². The third-order valence-electron chi connectivity index (χ3n) is 2.22. The molecule has 0 aliphatic heterocycles. The van der Waals surface area contributed by atoms with Crippen LogP contribution < -0.4 is 5.43 Å². The molecule has 2 rings (SSSR count). The monoisotopic (exact) mass is 290 g/mol. The highest BCUT2D eigenvalue weighted by Gasteiger charge is 2.11. The summed E-state index contributed by atoms with van der Waals surface area (Å²) in [6.07, 6.45) is 3.44. The van der Waals surface area contributed by atoms with Gasteiger partial charge in [-0.25, -0.2) is 0 Å². The maximum atomic E-state index is 9.31. The fourth-order valence-corrected chi connectivity index (χ4v) is 2.78. The lowest BCUT2D eigenvalue weighted by atomic mass is 10.2. The van der Waals surface area contributed by atoms with Crippen molar-refractivity contribution in [1.29, 1.82) is 5.26 Å². The Morgan fingerprint density at radius 1 is 1.58 bits per heavy atom. The summed E-state index contributed by atoms with van der Waals surface area (Å²) in [4.78, 5) is 0. The zero-order valence-corrected chi connectivity index (χ0v) is 11.6. The van der Waals surface area contributed by atoms with Crippen molar-refractivity contribution < 1.29 is 5.11 Å². The van der Waals surface area contributed by atoms with Gasteiger partial charge in [-0.3, -0.25) is 5.43 Å². The summed E-state index contributed by atoms with van der Waals surface area (Å²) in [6.45, 7) is 0. The molecule has 0 saturated heterocycles. The maximum absolute atomic E-state index is 9.31. The van der Waals surface area contributed by atoms with Crippen molar-refractivity contribution in [3.05, 3.63) is 35.4 Å². The van der Waals surface area contributed by atoms with E-state index >= 15 is 0 Å². The first-order chi connectivity index (χ1) is 9.24. The van der Waals surface area contributed by atoms with Crippen LogP contribution in [0.1, 0.15) is 11.1 Å². The summed E-state index contributed by atoms with van der Waals surface area (Å²) in [7, 11) is 0. The Hall–Kier alpha value is -2.04. The zero-order valence-electron chi connectivity index (χ0n) is 9.99. The molecule has 5 nitrogen and oxygen atoms in total. The predicted octanol–water partition coefficient (Wildman–Crippen LogP) is 2.89. The molecule has 2 aromatic rings. The van der Waals surface area contributed by atoms with Gasteiger partial charge in [-0.15, -0.1) is 11.8 Å². The van der Waals surface area contributed by atoms with Crippen molar-refractivity contribution in [3.63, 3.8) is 0 Å². The van der Waals surface area contributed by atoms with E-state index in [1.807, 2.05) is 12.3 Å². The minimum atomic E-state index is 0.184. The fraction of sp³-hybridized carbons (Fsp3) is 0.0833. The predicted molar refractivity (Wildman–Crippen MR) is 77.9 cm³/mol. The molecule has 0 fully saturated rings. The minimum Gasteiger partial charge on any atom is -0.508 e. The summed E-state index contributed by atoms with van der Waals surface area (Å²) >= 11 is 2.62. The highest BCUT2D eigenvalue weighted by atomic mass is 32.2. The Balaban J connectivity index is 2.11. The van der Waals surface area contributed by atoms with Gasteiger partial charge in [0.25, 0.3) is 0 Å². The van der Waals surface area contributed by atoms with Crippen molar-refractivity contribution in [1.82, 2.24) is 4.37 Å². The third-order valence-corrected chi connectivity index (χ3v) is 3.77. The normalized spacial score (nSPS) is 10.5. The molecule has 0 atom stereocenters. The number of hydrogen-bond donors (Lipinski definition) is 2. The van der Waals surface area contributed by atoms with Gasteiger partial charge < -0.3 is 5.11 Å². The number of benzene rings is 1. The van der Waals surface area contributed by atoms with E-state index in [4.69, 9.17) is 5.26 Å². The molecule has 0 spiro atoms. The highest BCUT2D eigenvalue weighted by molar-refractivity contribution is 7.98. The van der Waals surface area contributed by atoms with E-state index in [-0.39, 0.29) is 5.75 Å². The van der Waals surface area contributed by atoms with Crippen molar-refractivity contribution in [2.45, 2.75) is 5.03 Å². The average molecular weight is 290 g/mol.